The van der Waals surface area contributed by atoms with Gasteiger partial charge in [-0.15, -0.1) is 0 Å². The van der Waals surface area contributed by atoms with Gasteiger partial charge in [0, 0.05) is 0 Å². The highest BCUT2D eigenvalue weighted by molar-refractivity contribution is 4.63. The molecule has 0 aromatic rings. The van der Waals surface area contributed by atoms with Crippen LogP contribution in [0.4, 0.5) is 0 Å². The normalized spacial score (nSPS) is 13.3. The molecule has 0 aliphatic carbocycles. The van der Waals surface area contributed by atoms with Gasteiger partial charge in [-0.3, -0.25) is 0 Å². The van der Waals surface area contributed by atoms with Crippen molar-refractivity contribution in [1.82, 2.24) is 0 Å². The summed E-state index contributed by atoms with van der Waals surface area (Å²) in [6.45, 7) is 9.40. The molecule has 0 aliphatic rings. The van der Waals surface area contributed by atoms with E-state index in [0.29, 0.717) is 0 Å². The van der Waals surface area contributed by atoms with Crippen molar-refractivity contribution in [1.29, 1.82) is 0 Å². The van der Waals surface area contributed by atoms with Gasteiger partial charge in [0.15, 0.2) is 0 Å². The minimum Gasteiger partial charge on any atom is -0.0654 e. The van der Waals surface area contributed by atoms with Crippen molar-refractivity contribution in [2.75, 3.05) is 0 Å². The Kier molecular flexibility index (Phi) is 11.5. The molecule has 0 rings (SSSR count). The van der Waals surface area contributed by atoms with Crippen LogP contribution in [0, 0.1) is 11.8 Å². The van der Waals surface area contributed by atoms with Crippen LogP contribution in [-0.4, -0.2) is 0 Å². The smallest absolute Gasteiger partial charge is 0.0391 e. The Balaban J connectivity index is 3.52. The number of unbranched alkanes of at least 4 members (excludes halogenated alkanes) is 6. The van der Waals surface area contributed by atoms with Gasteiger partial charge < -0.3 is 0 Å². The molecule has 1 unspecified atom stereocenters. The van der Waals surface area contributed by atoms with Gasteiger partial charge in [-0.2, -0.15) is 0 Å². The second-order valence-corrected chi connectivity index (χ2v) is 5.70. The first-order chi connectivity index (χ1) is 7.72. The number of hydrogen-bond acceptors (Lipinski definition) is 0. The fourth-order valence-corrected chi connectivity index (χ4v) is 2.48. The Morgan fingerprint density at radius 3 is 1.56 bits per heavy atom. The molecule has 0 aromatic heterocycles. The zero-order valence-corrected chi connectivity index (χ0v) is 12.2. The summed E-state index contributed by atoms with van der Waals surface area (Å²) < 4.78 is 0. The van der Waals surface area contributed by atoms with Crippen LogP contribution in [-0.2, 0) is 0 Å². The van der Waals surface area contributed by atoms with E-state index in [9.17, 15) is 0 Å². The third kappa shape index (κ3) is 9.24. The summed E-state index contributed by atoms with van der Waals surface area (Å²) in [5, 5.41) is 0. The molecule has 0 heteroatoms. The molecule has 0 heterocycles. The summed E-state index contributed by atoms with van der Waals surface area (Å²) in [6.07, 6.45) is 14.4. The van der Waals surface area contributed by atoms with Crippen LogP contribution in [0.3, 0.4) is 0 Å². The van der Waals surface area contributed by atoms with E-state index in [0.717, 1.165) is 11.8 Å². The van der Waals surface area contributed by atoms with Gasteiger partial charge in [0.2, 0.25) is 0 Å². The summed E-state index contributed by atoms with van der Waals surface area (Å²) in [7, 11) is 0. The lowest BCUT2D eigenvalue weighted by molar-refractivity contribution is 0.314. The fourth-order valence-electron chi connectivity index (χ4n) is 2.48. The first-order valence-electron chi connectivity index (χ1n) is 7.72. The third-order valence-electron chi connectivity index (χ3n) is 3.80. The summed E-state index contributed by atoms with van der Waals surface area (Å²) >= 11 is 0. The lowest BCUT2D eigenvalue weighted by Gasteiger charge is -2.20. The molecule has 0 saturated heterocycles. The van der Waals surface area contributed by atoms with Crippen LogP contribution in [0.2, 0.25) is 0 Å². The van der Waals surface area contributed by atoms with E-state index in [1.807, 2.05) is 0 Å². The topological polar surface area (TPSA) is 0 Å². The van der Waals surface area contributed by atoms with Crippen molar-refractivity contribution >= 4 is 0 Å². The van der Waals surface area contributed by atoms with E-state index < -0.39 is 0 Å². The monoisotopic (exact) mass is 226 g/mol. The largest absolute Gasteiger partial charge is 0.0654 e. The van der Waals surface area contributed by atoms with Crippen LogP contribution in [0.25, 0.3) is 0 Å². The van der Waals surface area contributed by atoms with Crippen LogP contribution < -0.4 is 0 Å². The molecule has 0 spiro atoms. The summed E-state index contributed by atoms with van der Waals surface area (Å²) in [4.78, 5) is 0. The molecule has 0 fully saturated rings. The molecular weight excluding hydrogens is 192 g/mol. The van der Waals surface area contributed by atoms with E-state index in [2.05, 4.69) is 27.7 Å². The second-order valence-electron chi connectivity index (χ2n) is 5.70. The second kappa shape index (κ2) is 11.5. The van der Waals surface area contributed by atoms with E-state index >= 15 is 0 Å². The van der Waals surface area contributed by atoms with E-state index in [1.165, 1.54) is 64.2 Å². The maximum atomic E-state index is 2.41. The lowest BCUT2D eigenvalue weighted by atomic mass is 9.86. The SMILES string of the molecule is CCCCCCCC(CCCCC)C(C)C. The third-order valence-corrected chi connectivity index (χ3v) is 3.80. The van der Waals surface area contributed by atoms with E-state index in [1.54, 1.807) is 0 Å². The predicted octanol–water partition coefficient (Wildman–Crippen LogP) is 6.20. The van der Waals surface area contributed by atoms with Crippen LogP contribution in [0.15, 0.2) is 0 Å². The van der Waals surface area contributed by atoms with Gasteiger partial charge in [-0.1, -0.05) is 91.9 Å². The van der Waals surface area contributed by atoms with Crippen molar-refractivity contribution in [3.63, 3.8) is 0 Å². The molecule has 0 nitrogen and oxygen atoms in total. The molecule has 0 N–H and O–H groups in total. The lowest BCUT2D eigenvalue weighted by Crippen LogP contribution is -2.08. The van der Waals surface area contributed by atoms with Crippen LogP contribution in [0.1, 0.15) is 91.9 Å². The van der Waals surface area contributed by atoms with Crippen LogP contribution in [0.5, 0.6) is 0 Å². The molecule has 0 radical (unpaired) electrons. The van der Waals surface area contributed by atoms with E-state index in [-0.39, 0.29) is 0 Å². The zero-order valence-electron chi connectivity index (χ0n) is 12.2. The van der Waals surface area contributed by atoms with Gasteiger partial charge in [0.1, 0.15) is 0 Å². The van der Waals surface area contributed by atoms with Gasteiger partial charge in [0.05, 0.1) is 0 Å². The van der Waals surface area contributed by atoms with Crippen molar-refractivity contribution in [3.05, 3.63) is 0 Å². The van der Waals surface area contributed by atoms with Gasteiger partial charge in [-0.25, -0.2) is 0 Å². The molecule has 0 amide bonds. The Bertz CT molecular complexity index is 126. The molecule has 98 valence electrons. The Hall–Kier alpha value is 0. The highest BCUT2D eigenvalue weighted by Crippen LogP contribution is 2.24. The fraction of sp³-hybridized carbons (Fsp3) is 1.00. The molecule has 0 saturated carbocycles. The average Bonchev–Trinajstić information content (AvgIpc) is 2.26. The maximum Gasteiger partial charge on any atom is -0.0391 e. The maximum absolute atomic E-state index is 2.41. The Labute approximate surface area is 104 Å². The summed E-state index contributed by atoms with van der Waals surface area (Å²) in [5.41, 5.74) is 0. The number of rotatable bonds is 11. The minimum atomic E-state index is 0.892. The quantitative estimate of drug-likeness (QED) is 0.368. The van der Waals surface area contributed by atoms with Crippen molar-refractivity contribution in [2.45, 2.75) is 91.9 Å². The molecule has 16 heavy (non-hydrogen) atoms. The van der Waals surface area contributed by atoms with E-state index in [4.69, 9.17) is 0 Å². The first kappa shape index (κ1) is 16.0. The van der Waals surface area contributed by atoms with Crippen molar-refractivity contribution in [2.24, 2.45) is 11.8 Å². The van der Waals surface area contributed by atoms with Gasteiger partial charge >= 0.3 is 0 Å². The summed E-state index contributed by atoms with van der Waals surface area (Å²) in [6, 6.07) is 0. The molecule has 0 aromatic carbocycles. The number of hydrogen-bond donors (Lipinski definition) is 0. The molecule has 0 bridgehead atoms. The highest BCUT2D eigenvalue weighted by atomic mass is 14.2. The van der Waals surface area contributed by atoms with Gasteiger partial charge in [-0.05, 0) is 11.8 Å². The van der Waals surface area contributed by atoms with Crippen LogP contribution >= 0.6 is 0 Å². The molecule has 0 aliphatic heterocycles. The van der Waals surface area contributed by atoms with Gasteiger partial charge in [0.25, 0.3) is 0 Å². The summed E-state index contributed by atoms with van der Waals surface area (Å²) in [5.74, 6) is 1.89. The Morgan fingerprint density at radius 2 is 1.06 bits per heavy atom. The minimum absolute atomic E-state index is 0.892. The molecular formula is C16H34. The molecule has 1 atom stereocenters. The van der Waals surface area contributed by atoms with Crippen molar-refractivity contribution < 1.29 is 0 Å². The highest BCUT2D eigenvalue weighted by Gasteiger charge is 2.12. The predicted molar refractivity (Wildman–Crippen MR) is 75.8 cm³/mol. The first-order valence-corrected chi connectivity index (χ1v) is 7.72. The average molecular weight is 226 g/mol. The standard InChI is InChI=1S/C16H34/c1-5-7-9-10-12-14-16(15(3)4)13-11-8-6-2/h15-16H,5-14H2,1-4H3. The Morgan fingerprint density at radius 1 is 0.625 bits per heavy atom. The van der Waals surface area contributed by atoms with Crippen molar-refractivity contribution in [3.8, 4) is 0 Å². The zero-order chi connectivity index (χ0) is 12.2.